The van der Waals surface area contributed by atoms with Gasteiger partial charge < -0.3 is 33.8 Å². The van der Waals surface area contributed by atoms with Crippen LogP contribution in [0.25, 0.3) is 0 Å². The van der Waals surface area contributed by atoms with Gasteiger partial charge in [0.2, 0.25) is 0 Å². The molecule has 0 saturated heterocycles. The minimum atomic E-state index is -4.96. The normalized spacial score (nSPS) is 14.6. The number of esters is 4. The molecule has 0 heterocycles. The molecule has 0 rings (SSSR count). The molecule has 4 unspecified atom stereocenters. The minimum Gasteiger partial charge on any atom is -0.462 e. The average Bonchev–Trinajstić information content (AvgIpc) is 1.85. The van der Waals surface area contributed by atoms with Crippen molar-refractivity contribution in [1.82, 2.24) is 0 Å². The van der Waals surface area contributed by atoms with E-state index in [1.165, 1.54) is 205 Å². The standard InChI is InChI=1S/C76H148O17P2/c1-7-11-13-15-17-19-20-27-31-34-41-47-53-59-74(79)87-65-72(92-75(80)60-54-48-42-35-32-29-26-24-22-21-23-25-28-30-33-38-44-50-56-68(5)9-3)67-91-95(84,85)89-63-70(77)62-88-94(82,83)90-66-71(64-86-73(78)58-52-46-40-18-16-14-12-8-2)93-76(81)61-55-49-43-37-36-39-45-51-57-69(6)10-4/h68-72,77H,7-67H2,1-6H3,(H,82,83)(H,84,85)/t68?,69?,70-,71+,72+/m0/s1. The summed E-state index contributed by atoms with van der Waals surface area (Å²) in [6.45, 7) is 9.63. The Balaban J connectivity index is 5.17. The highest BCUT2D eigenvalue weighted by molar-refractivity contribution is 7.47. The van der Waals surface area contributed by atoms with E-state index in [9.17, 15) is 43.2 Å². The van der Waals surface area contributed by atoms with Gasteiger partial charge >= 0.3 is 39.5 Å². The van der Waals surface area contributed by atoms with Crippen LogP contribution >= 0.6 is 15.6 Å². The molecule has 0 bridgehead atoms. The maximum absolute atomic E-state index is 13.1. The summed E-state index contributed by atoms with van der Waals surface area (Å²) < 4.78 is 68.4. The number of phosphoric ester groups is 2. The summed E-state index contributed by atoms with van der Waals surface area (Å²) in [5, 5.41) is 10.6. The predicted octanol–water partition coefficient (Wildman–Crippen LogP) is 22.3. The average molecular weight is 1400 g/mol. The van der Waals surface area contributed by atoms with Gasteiger partial charge in [-0.05, 0) is 37.5 Å². The summed E-state index contributed by atoms with van der Waals surface area (Å²) in [4.78, 5) is 72.7. The van der Waals surface area contributed by atoms with E-state index in [0.717, 1.165) is 108 Å². The van der Waals surface area contributed by atoms with Crippen LogP contribution in [0.4, 0.5) is 0 Å². The van der Waals surface area contributed by atoms with Crippen molar-refractivity contribution < 1.29 is 80.2 Å². The minimum absolute atomic E-state index is 0.105. The van der Waals surface area contributed by atoms with E-state index in [0.29, 0.717) is 25.7 Å². The number of unbranched alkanes of at least 4 members (excludes halogenated alkanes) is 43. The molecule has 0 amide bonds. The van der Waals surface area contributed by atoms with Gasteiger partial charge in [-0.1, -0.05) is 343 Å². The fraction of sp³-hybridized carbons (Fsp3) is 0.947. The van der Waals surface area contributed by atoms with Crippen LogP contribution in [-0.2, 0) is 65.4 Å². The number of phosphoric acid groups is 2. The molecular weight excluding hydrogens is 1250 g/mol. The highest BCUT2D eigenvalue weighted by Crippen LogP contribution is 2.45. The SMILES string of the molecule is CCCCCCCCCCCCCCCC(=O)OC[C@H](COP(=O)(O)OC[C@@H](O)COP(=O)(O)OC[C@@H](COC(=O)CCCCCCCCCC)OC(=O)CCCCCCCCCCC(C)CC)OC(=O)CCCCCCCCCCCCCCCCCCCCC(C)CC. The third kappa shape index (κ3) is 67.6. The van der Waals surface area contributed by atoms with Gasteiger partial charge in [0.05, 0.1) is 26.4 Å². The van der Waals surface area contributed by atoms with Crippen molar-refractivity contribution in [3.05, 3.63) is 0 Å². The summed E-state index contributed by atoms with van der Waals surface area (Å²) in [6, 6.07) is 0. The number of carbonyl (C=O) groups excluding carboxylic acids is 4. The van der Waals surface area contributed by atoms with Crippen molar-refractivity contribution in [2.45, 2.75) is 413 Å². The van der Waals surface area contributed by atoms with Gasteiger partial charge in [0.25, 0.3) is 0 Å². The van der Waals surface area contributed by atoms with Gasteiger partial charge in [0, 0.05) is 25.7 Å². The number of hydrogen-bond donors (Lipinski definition) is 3. The lowest BCUT2D eigenvalue weighted by atomic mass is 9.99. The van der Waals surface area contributed by atoms with Crippen molar-refractivity contribution in [2.24, 2.45) is 11.8 Å². The van der Waals surface area contributed by atoms with Crippen LogP contribution in [0.2, 0.25) is 0 Å². The van der Waals surface area contributed by atoms with Crippen LogP contribution in [0, 0.1) is 11.8 Å². The zero-order valence-corrected chi connectivity index (χ0v) is 63.8. The molecule has 17 nitrogen and oxygen atoms in total. The van der Waals surface area contributed by atoms with Crippen molar-refractivity contribution in [3.63, 3.8) is 0 Å². The summed E-state index contributed by atoms with van der Waals surface area (Å²) in [5.74, 6) is -0.478. The van der Waals surface area contributed by atoms with E-state index >= 15 is 0 Å². The van der Waals surface area contributed by atoms with E-state index in [4.69, 9.17) is 37.0 Å². The lowest BCUT2D eigenvalue weighted by molar-refractivity contribution is -0.161. The second-order valence-corrected chi connectivity index (χ2v) is 30.8. The van der Waals surface area contributed by atoms with Crippen LogP contribution in [-0.4, -0.2) is 96.7 Å². The zero-order chi connectivity index (χ0) is 70.0. The monoisotopic (exact) mass is 1400 g/mol. The van der Waals surface area contributed by atoms with Crippen LogP contribution in [0.5, 0.6) is 0 Å². The number of carbonyl (C=O) groups is 4. The van der Waals surface area contributed by atoms with Crippen LogP contribution in [0.15, 0.2) is 0 Å². The first-order valence-electron chi connectivity index (χ1n) is 39.6. The van der Waals surface area contributed by atoms with Gasteiger partial charge in [0.15, 0.2) is 12.2 Å². The Morgan fingerprint density at radius 1 is 0.295 bits per heavy atom. The molecule has 0 fully saturated rings. The number of aliphatic hydroxyl groups is 1. The molecule has 0 aromatic carbocycles. The summed E-state index contributed by atoms with van der Waals surface area (Å²) in [5.41, 5.74) is 0. The zero-order valence-electron chi connectivity index (χ0n) is 62.0. The Labute approximate surface area is 581 Å². The molecule has 19 heteroatoms. The second kappa shape index (κ2) is 67.9. The number of hydrogen-bond acceptors (Lipinski definition) is 15. The van der Waals surface area contributed by atoms with Crippen molar-refractivity contribution in [1.29, 1.82) is 0 Å². The lowest BCUT2D eigenvalue weighted by Crippen LogP contribution is -2.30. The Hall–Kier alpha value is -1.94. The van der Waals surface area contributed by atoms with E-state index in [1.54, 1.807) is 0 Å². The smallest absolute Gasteiger partial charge is 0.462 e. The third-order valence-electron chi connectivity index (χ3n) is 18.4. The van der Waals surface area contributed by atoms with Gasteiger partial charge in [-0.25, -0.2) is 9.13 Å². The van der Waals surface area contributed by atoms with Gasteiger partial charge in [0.1, 0.15) is 19.3 Å². The first kappa shape index (κ1) is 93.1. The molecule has 7 atom stereocenters. The Morgan fingerprint density at radius 2 is 0.505 bits per heavy atom. The molecule has 0 aliphatic rings. The summed E-state index contributed by atoms with van der Waals surface area (Å²) >= 11 is 0. The van der Waals surface area contributed by atoms with E-state index < -0.39 is 97.5 Å². The predicted molar refractivity (Wildman–Crippen MR) is 386 cm³/mol. The van der Waals surface area contributed by atoms with Crippen molar-refractivity contribution in [3.8, 4) is 0 Å². The molecule has 0 aromatic heterocycles. The molecule has 95 heavy (non-hydrogen) atoms. The van der Waals surface area contributed by atoms with Gasteiger partial charge in [-0.15, -0.1) is 0 Å². The fourth-order valence-electron chi connectivity index (χ4n) is 11.6. The van der Waals surface area contributed by atoms with E-state index in [-0.39, 0.29) is 25.7 Å². The summed E-state index contributed by atoms with van der Waals surface area (Å²) in [6.07, 6.45) is 55.5. The Kier molecular flexibility index (Phi) is 66.5. The molecular formula is C76H148O17P2. The Morgan fingerprint density at radius 3 is 0.747 bits per heavy atom. The maximum Gasteiger partial charge on any atom is 0.472 e. The molecule has 564 valence electrons. The van der Waals surface area contributed by atoms with Gasteiger partial charge in [-0.2, -0.15) is 0 Å². The highest BCUT2D eigenvalue weighted by atomic mass is 31.2. The fourth-order valence-corrected chi connectivity index (χ4v) is 13.2. The number of ether oxygens (including phenoxy) is 4. The third-order valence-corrected chi connectivity index (χ3v) is 20.3. The molecule has 3 N–H and O–H groups in total. The molecule has 0 radical (unpaired) electrons. The number of rotatable bonds is 75. The topological polar surface area (TPSA) is 237 Å². The quantitative estimate of drug-likeness (QED) is 0.0222. The first-order chi connectivity index (χ1) is 45.9. The maximum atomic E-state index is 13.1. The van der Waals surface area contributed by atoms with E-state index in [2.05, 4.69) is 41.5 Å². The Bertz CT molecular complexity index is 1840. The summed E-state index contributed by atoms with van der Waals surface area (Å²) in [7, 11) is -9.91. The molecule has 0 aromatic rings. The van der Waals surface area contributed by atoms with E-state index in [1.807, 2.05) is 0 Å². The van der Waals surface area contributed by atoms with Crippen LogP contribution in [0.1, 0.15) is 395 Å². The van der Waals surface area contributed by atoms with Crippen molar-refractivity contribution in [2.75, 3.05) is 39.6 Å². The van der Waals surface area contributed by atoms with Crippen LogP contribution in [0.3, 0.4) is 0 Å². The molecule has 0 aliphatic heterocycles. The molecule has 0 saturated carbocycles. The van der Waals surface area contributed by atoms with Crippen LogP contribution < -0.4 is 0 Å². The largest absolute Gasteiger partial charge is 0.472 e. The second-order valence-electron chi connectivity index (χ2n) is 27.9. The highest BCUT2D eigenvalue weighted by Gasteiger charge is 2.30. The number of aliphatic hydroxyl groups excluding tert-OH is 1. The molecule has 0 aliphatic carbocycles. The van der Waals surface area contributed by atoms with Crippen molar-refractivity contribution >= 4 is 39.5 Å². The van der Waals surface area contributed by atoms with Gasteiger partial charge in [-0.3, -0.25) is 37.3 Å². The first-order valence-corrected chi connectivity index (χ1v) is 42.6. The molecule has 0 spiro atoms. The lowest BCUT2D eigenvalue weighted by Gasteiger charge is -2.21.